The Labute approximate surface area is 137 Å². The quantitative estimate of drug-likeness (QED) is 0.401. The number of nitro groups is 1. The van der Waals surface area contributed by atoms with Crippen LogP contribution >= 0.6 is 0 Å². The van der Waals surface area contributed by atoms with Crippen LogP contribution < -0.4 is 10.4 Å². The van der Waals surface area contributed by atoms with Crippen molar-refractivity contribution < 1.29 is 14.8 Å². The van der Waals surface area contributed by atoms with E-state index in [1.165, 1.54) is 12.1 Å². The second kappa shape index (κ2) is 7.07. The normalized spacial score (nSPS) is 10.8. The van der Waals surface area contributed by atoms with Gasteiger partial charge in [0.15, 0.2) is 0 Å². The number of rotatable bonds is 4. The van der Waals surface area contributed by atoms with Gasteiger partial charge in [-0.3, -0.25) is 14.9 Å². The number of nitrogens with zero attached hydrogens (tertiary/aromatic N) is 2. The molecule has 2 aromatic rings. The Bertz CT molecular complexity index is 882. The topological polar surface area (TPSA) is 119 Å². The van der Waals surface area contributed by atoms with E-state index < -0.39 is 22.3 Å². The van der Waals surface area contributed by atoms with Gasteiger partial charge in [0, 0.05) is 11.8 Å². The molecule has 0 aliphatic rings. The molecule has 2 aromatic carbocycles. The fourth-order valence-electron chi connectivity index (χ4n) is 1.98. The van der Waals surface area contributed by atoms with Crippen molar-refractivity contribution in [2.24, 2.45) is 0 Å². The maximum atomic E-state index is 12.2. The van der Waals surface area contributed by atoms with Gasteiger partial charge in [-0.15, -0.1) is 0 Å². The lowest BCUT2D eigenvalue weighted by Crippen LogP contribution is -2.14. The van der Waals surface area contributed by atoms with Crippen LogP contribution in [0.4, 0.5) is 11.4 Å². The van der Waals surface area contributed by atoms with E-state index in [9.17, 15) is 20.0 Å². The molecule has 0 bridgehead atoms. The summed E-state index contributed by atoms with van der Waals surface area (Å²) in [4.78, 5) is 22.2. The zero-order valence-corrected chi connectivity index (χ0v) is 12.6. The average Bonchev–Trinajstić information content (AvgIpc) is 2.55. The summed E-state index contributed by atoms with van der Waals surface area (Å²) in [6.45, 7) is 1.81. The number of nitro benzene ring substituents is 1. The first-order chi connectivity index (χ1) is 11.4. The highest BCUT2D eigenvalue weighted by Gasteiger charge is 2.12. The molecular weight excluding hydrogens is 310 g/mol. The van der Waals surface area contributed by atoms with Crippen molar-refractivity contribution in [3.63, 3.8) is 0 Å². The highest BCUT2D eigenvalue weighted by molar-refractivity contribution is 6.10. The maximum absolute atomic E-state index is 12.2. The Morgan fingerprint density at radius 2 is 2.00 bits per heavy atom. The molecule has 0 saturated heterocycles. The fourth-order valence-corrected chi connectivity index (χ4v) is 1.98. The predicted molar refractivity (Wildman–Crippen MR) is 85.9 cm³/mol. The zero-order valence-electron chi connectivity index (χ0n) is 12.6. The molecular formula is C17H12N3O4-. The zero-order chi connectivity index (χ0) is 17.7. The Hall–Kier alpha value is -3.66. The van der Waals surface area contributed by atoms with Crippen molar-refractivity contribution in [3.05, 3.63) is 69.3 Å². The van der Waals surface area contributed by atoms with Crippen molar-refractivity contribution in [2.45, 2.75) is 6.92 Å². The summed E-state index contributed by atoms with van der Waals surface area (Å²) in [6.07, 6.45) is 1.19. The van der Waals surface area contributed by atoms with E-state index in [-0.39, 0.29) is 11.1 Å². The second-order valence-electron chi connectivity index (χ2n) is 4.92. The Morgan fingerprint density at radius 1 is 1.29 bits per heavy atom. The fraction of sp³-hybridized carbons (Fsp3) is 0.0588. The van der Waals surface area contributed by atoms with Crippen molar-refractivity contribution in [1.82, 2.24) is 0 Å². The number of anilines is 1. The summed E-state index contributed by atoms with van der Waals surface area (Å²) in [5, 5.41) is 33.9. The van der Waals surface area contributed by atoms with Crippen molar-refractivity contribution in [1.29, 1.82) is 5.26 Å². The summed E-state index contributed by atoms with van der Waals surface area (Å²) >= 11 is 0. The largest absolute Gasteiger partial charge is 0.868 e. The molecule has 0 aromatic heterocycles. The maximum Gasteiger partial charge on any atom is 0.266 e. The van der Waals surface area contributed by atoms with Crippen molar-refractivity contribution >= 4 is 23.4 Å². The molecule has 1 N–H and O–H groups in total. The van der Waals surface area contributed by atoms with Gasteiger partial charge in [-0.25, -0.2) is 0 Å². The summed E-state index contributed by atoms with van der Waals surface area (Å²) in [7, 11) is 0. The first kappa shape index (κ1) is 16.7. The SMILES string of the molecule is Cc1ccccc1NC(=O)/C(C#N)=C/c1ccc([O-])c([N+](=O)[O-])c1. The molecule has 0 aliphatic carbocycles. The van der Waals surface area contributed by atoms with Gasteiger partial charge in [0.05, 0.1) is 4.92 Å². The minimum absolute atomic E-state index is 0.220. The van der Waals surface area contributed by atoms with Crippen LogP contribution in [0.5, 0.6) is 5.75 Å². The van der Waals surface area contributed by atoms with E-state index >= 15 is 0 Å². The van der Waals surface area contributed by atoms with Crippen LogP contribution in [-0.2, 0) is 4.79 Å². The molecule has 7 nitrogen and oxygen atoms in total. The van der Waals surface area contributed by atoms with Gasteiger partial charge in [0.25, 0.3) is 11.6 Å². The molecule has 0 heterocycles. The van der Waals surface area contributed by atoms with Crippen LogP contribution in [0.25, 0.3) is 6.08 Å². The molecule has 120 valence electrons. The first-order valence-corrected chi connectivity index (χ1v) is 6.86. The Morgan fingerprint density at radius 3 is 2.62 bits per heavy atom. The third kappa shape index (κ3) is 3.75. The molecule has 0 fully saturated rings. The minimum Gasteiger partial charge on any atom is -0.868 e. The smallest absolute Gasteiger partial charge is 0.266 e. The van der Waals surface area contributed by atoms with E-state index in [1.807, 2.05) is 19.1 Å². The highest BCUT2D eigenvalue weighted by Crippen LogP contribution is 2.25. The van der Waals surface area contributed by atoms with Gasteiger partial charge in [0.1, 0.15) is 11.6 Å². The molecule has 0 spiro atoms. The molecule has 0 unspecified atom stereocenters. The van der Waals surface area contributed by atoms with Gasteiger partial charge in [-0.2, -0.15) is 5.26 Å². The number of hydrogen-bond donors (Lipinski definition) is 1. The number of para-hydroxylation sites is 1. The number of hydrogen-bond acceptors (Lipinski definition) is 5. The predicted octanol–water partition coefficient (Wildman–Crippen LogP) is 2.52. The molecule has 1 amide bonds. The summed E-state index contributed by atoms with van der Waals surface area (Å²) in [6, 6.07) is 12.2. The van der Waals surface area contributed by atoms with Crippen molar-refractivity contribution in [2.75, 3.05) is 5.32 Å². The van der Waals surface area contributed by atoms with E-state index in [1.54, 1.807) is 18.2 Å². The monoisotopic (exact) mass is 322 g/mol. The summed E-state index contributed by atoms with van der Waals surface area (Å²) in [5.41, 5.74) is 0.767. The van der Waals surface area contributed by atoms with Crippen LogP contribution in [0.2, 0.25) is 0 Å². The third-order valence-corrected chi connectivity index (χ3v) is 3.25. The summed E-state index contributed by atoms with van der Waals surface area (Å²) in [5.74, 6) is -1.37. The molecule has 0 aliphatic heterocycles. The summed E-state index contributed by atoms with van der Waals surface area (Å²) < 4.78 is 0. The van der Waals surface area contributed by atoms with E-state index in [2.05, 4.69) is 5.32 Å². The molecule has 0 radical (unpaired) electrons. The number of carbonyl (C=O) groups excluding carboxylic acids is 1. The molecule has 2 rings (SSSR count). The number of aryl methyl sites for hydroxylation is 1. The van der Waals surface area contributed by atoms with Gasteiger partial charge < -0.3 is 10.4 Å². The lowest BCUT2D eigenvalue weighted by atomic mass is 10.1. The Balaban J connectivity index is 2.31. The average molecular weight is 322 g/mol. The van der Waals surface area contributed by atoms with E-state index in [0.717, 1.165) is 17.7 Å². The Kier molecular flexibility index (Phi) is 4.92. The van der Waals surface area contributed by atoms with Gasteiger partial charge in [-0.1, -0.05) is 30.3 Å². The molecule has 24 heavy (non-hydrogen) atoms. The number of nitrogens with one attached hydrogen (secondary N) is 1. The third-order valence-electron chi connectivity index (χ3n) is 3.25. The van der Waals surface area contributed by atoms with Crippen LogP contribution in [-0.4, -0.2) is 10.8 Å². The van der Waals surface area contributed by atoms with Crippen LogP contribution in [0.1, 0.15) is 11.1 Å². The van der Waals surface area contributed by atoms with Crippen molar-refractivity contribution in [3.8, 4) is 11.8 Å². The highest BCUT2D eigenvalue weighted by atomic mass is 16.6. The van der Waals surface area contributed by atoms with E-state index in [0.29, 0.717) is 5.69 Å². The number of benzene rings is 2. The lowest BCUT2D eigenvalue weighted by Gasteiger charge is -2.08. The standard InChI is InChI=1S/C17H13N3O4/c1-11-4-2-3-5-14(11)19-17(22)13(10-18)8-12-6-7-16(21)15(9-12)20(23)24/h2-9,21H,1H3,(H,19,22)/p-1/b13-8+. The molecule has 0 saturated carbocycles. The lowest BCUT2D eigenvalue weighted by molar-refractivity contribution is -0.398. The first-order valence-electron chi connectivity index (χ1n) is 6.86. The van der Waals surface area contributed by atoms with Crippen LogP contribution in [0, 0.1) is 28.4 Å². The molecule has 7 heteroatoms. The van der Waals surface area contributed by atoms with Crippen LogP contribution in [0.3, 0.4) is 0 Å². The number of amides is 1. The van der Waals surface area contributed by atoms with Crippen LogP contribution in [0.15, 0.2) is 48.0 Å². The van der Waals surface area contributed by atoms with Gasteiger partial charge >= 0.3 is 0 Å². The molecule has 0 atom stereocenters. The van der Waals surface area contributed by atoms with Gasteiger partial charge in [-0.05, 0) is 35.9 Å². The second-order valence-corrected chi connectivity index (χ2v) is 4.92. The van der Waals surface area contributed by atoms with Gasteiger partial charge in [0.2, 0.25) is 0 Å². The number of carbonyl (C=O) groups is 1. The minimum atomic E-state index is -0.806. The van der Waals surface area contributed by atoms with E-state index in [4.69, 9.17) is 5.26 Å². The number of nitriles is 1.